The molecule has 0 bridgehead atoms. The first-order valence-electron chi connectivity index (χ1n) is 9.68. The molecule has 4 rings (SSSR count). The van der Waals surface area contributed by atoms with E-state index in [0.29, 0.717) is 34.8 Å². The summed E-state index contributed by atoms with van der Waals surface area (Å²) < 4.78 is 11.0. The van der Waals surface area contributed by atoms with Crippen molar-refractivity contribution in [3.63, 3.8) is 0 Å². The van der Waals surface area contributed by atoms with Crippen molar-refractivity contribution in [3.05, 3.63) is 71.3 Å². The van der Waals surface area contributed by atoms with Gasteiger partial charge in [0.05, 0.1) is 43.4 Å². The molecule has 0 saturated carbocycles. The molecular weight excluding hydrogens is 380 g/mol. The molecule has 0 fully saturated rings. The first kappa shape index (κ1) is 19.5. The van der Waals surface area contributed by atoms with Crippen molar-refractivity contribution in [3.8, 4) is 17.6 Å². The van der Waals surface area contributed by atoms with E-state index >= 15 is 0 Å². The molecular formula is C24H20N2O4. The van der Waals surface area contributed by atoms with Gasteiger partial charge in [0.15, 0.2) is 11.5 Å². The number of benzene rings is 3. The van der Waals surface area contributed by atoms with E-state index in [0.717, 1.165) is 10.8 Å². The molecule has 2 amide bonds. The second kappa shape index (κ2) is 7.88. The smallest absolute Gasteiger partial charge is 0.262 e. The van der Waals surface area contributed by atoms with E-state index in [4.69, 9.17) is 9.47 Å². The number of methoxy groups -OCH3 is 1. The van der Waals surface area contributed by atoms with Crippen molar-refractivity contribution in [1.82, 2.24) is 4.90 Å². The molecule has 0 spiro atoms. The Morgan fingerprint density at radius 2 is 1.83 bits per heavy atom. The lowest BCUT2D eigenvalue weighted by molar-refractivity contribution is 0.0585. The summed E-state index contributed by atoms with van der Waals surface area (Å²) in [4.78, 5) is 27.8. The summed E-state index contributed by atoms with van der Waals surface area (Å²) in [5.41, 5.74) is 1.39. The lowest BCUT2D eigenvalue weighted by Crippen LogP contribution is -2.34. The van der Waals surface area contributed by atoms with Gasteiger partial charge in [-0.15, -0.1) is 0 Å². The molecule has 1 unspecified atom stereocenters. The molecule has 0 N–H and O–H groups in total. The molecule has 1 heterocycles. The molecule has 150 valence electrons. The zero-order chi connectivity index (χ0) is 21.3. The Labute approximate surface area is 174 Å². The van der Waals surface area contributed by atoms with E-state index in [9.17, 15) is 14.9 Å². The van der Waals surface area contributed by atoms with Gasteiger partial charge < -0.3 is 9.47 Å². The maximum absolute atomic E-state index is 13.4. The molecule has 6 heteroatoms. The maximum atomic E-state index is 13.4. The van der Waals surface area contributed by atoms with Crippen LogP contribution in [0.4, 0.5) is 0 Å². The molecule has 1 aliphatic heterocycles. The number of fused-ring (bicyclic) bond motifs is 3. The van der Waals surface area contributed by atoms with Crippen molar-refractivity contribution in [2.24, 2.45) is 0 Å². The predicted octanol–water partition coefficient (Wildman–Crippen LogP) is 4.50. The fraction of sp³-hybridized carbons (Fsp3) is 0.208. The summed E-state index contributed by atoms with van der Waals surface area (Å²) in [6.07, 6.45) is -0.0265. The minimum atomic E-state index is -0.730. The van der Waals surface area contributed by atoms with Gasteiger partial charge in [-0.2, -0.15) is 5.26 Å². The fourth-order valence-electron chi connectivity index (χ4n) is 3.92. The van der Waals surface area contributed by atoms with Gasteiger partial charge in [-0.3, -0.25) is 14.5 Å². The van der Waals surface area contributed by atoms with Gasteiger partial charge in [0.2, 0.25) is 0 Å². The molecule has 1 aliphatic rings. The number of carbonyl (C=O) groups is 2. The van der Waals surface area contributed by atoms with Gasteiger partial charge in [0.25, 0.3) is 11.8 Å². The molecule has 30 heavy (non-hydrogen) atoms. The molecule has 0 aliphatic carbocycles. The molecule has 0 radical (unpaired) electrons. The van der Waals surface area contributed by atoms with Crippen LogP contribution in [0, 0.1) is 11.3 Å². The minimum absolute atomic E-state index is 0.0265. The van der Waals surface area contributed by atoms with Crippen LogP contribution in [0.25, 0.3) is 10.8 Å². The molecule has 3 aromatic rings. The summed E-state index contributed by atoms with van der Waals surface area (Å²) >= 11 is 0. The fourth-order valence-corrected chi connectivity index (χ4v) is 3.92. The summed E-state index contributed by atoms with van der Waals surface area (Å²) in [5.74, 6) is 0.266. The topological polar surface area (TPSA) is 79.6 Å². The Bertz CT molecular complexity index is 1200. The number of rotatable bonds is 6. The Kier molecular flexibility index (Phi) is 5.11. The lowest BCUT2D eigenvalue weighted by Gasteiger charge is -2.25. The third-order valence-corrected chi connectivity index (χ3v) is 5.28. The molecule has 0 aromatic heterocycles. The SMILES string of the molecule is CCOc1cc(C(CC#N)N2C(=O)c3ccc4ccccc4c3C2=O)ccc1OC. The number of hydrogen-bond acceptors (Lipinski definition) is 5. The van der Waals surface area contributed by atoms with Crippen LogP contribution in [-0.2, 0) is 0 Å². The van der Waals surface area contributed by atoms with Gasteiger partial charge in [0, 0.05) is 0 Å². The second-order valence-electron chi connectivity index (χ2n) is 6.91. The average molecular weight is 400 g/mol. The Morgan fingerprint density at radius 1 is 1.03 bits per heavy atom. The monoisotopic (exact) mass is 400 g/mol. The van der Waals surface area contributed by atoms with Crippen LogP contribution in [0.15, 0.2) is 54.6 Å². The Morgan fingerprint density at radius 3 is 2.57 bits per heavy atom. The molecule has 0 saturated heterocycles. The lowest BCUT2D eigenvalue weighted by atomic mass is 10.0. The summed E-state index contributed by atoms with van der Waals surface area (Å²) in [7, 11) is 1.54. The van der Waals surface area contributed by atoms with Crippen molar-refractivity contribution >= 4 is 22.6 Å². The predicted molar refractivity (Wildman–Crippen MR) is 112 cm³/mol. The van der Waals surface area contributed by atoms with E-state index in [-0.39, 0.29) is 12.3 Å². The van der Waals surface area contributed by atoms with Crippen LogP contribution in [0.2, 0.25) is 0 Å². The molecule has 3 aromatic carbocycles. The van der Waals surface area contributed by atoms with E-state index in [1.807, 2.05) is 37.3 Å². The largest absolute Gasteiger partial charge is 0.493 e. The van der Waals surface area contributed by atoms with Crippen molar-refractivity contribution in [2.75, 3.05) is 13.7 Å². The number of carbonyl (C=O) groups excluding carboxylic acids is 2. The van der Waals surface area contributed by atoms with Crippen LogP contribution in [0.3, 0.4) is 0 Å². The number of nitriles is 1. The zero-order valence-electron chi connectivity index (χ0n) is 16.7. The second-order valence-corrected chi connectivity index (χ2v) is 6.91. The quantitative estimate of drug-likeness (QED) is 0.569. The maximum Gasteiger partial charge on any atom is 0.262 e. The first-order chi connectivity index (χ1) is 14.6. The van der Waals surface area contributed by atoms with E-state index < -0.39 is 11.9 Å². The summed E-state index contributed by atoms with van der Waals surface area (Å²) in [5, 5.41) is 11.1. The van der Waals surface area contributed by atoms with Crippen LogP contribution in [0.1, 0.15) is 45.7 Å². The number of hydrogen-bond donors (Lipinski definition) is 0. The average Bonchev–Trinajstić information content (AvgIpc) is 3.02. The highest BCUT2D eigenvalue weighted by Gasteiger charge is 2.41. The normalized spacial score (nSPS) is 13.8. The molecule has 6 nitrogen and oxygen atoms in total. The standard InChI is InChI=1S/C24H20N2O4/c1-3-30-21-14-16(9-11-20(21)29-2)19(12-13-25)26-23(27)18-10-8-15-6-4-5-7-17(15)22(18)24(26)28/h4-11,14,19H,3,12H2,1-2H3. The third kappa shape index (κ3) is 3.05. The van der Waals surface area contributed by atoms with Crippen molar-refractivity contribution in [1.29, 1.82) is 5.26 Å². The van der Waals surface area contributed by atoms with E-state index in [1.54, 1.807) is 31.4 Å². The van der Waals surface area contributed by atoms with E-state index in [1.165, 1.54) is 4.90 Å². The van der Waals surface area contributed by atoms with Gasteiger partial charge in [-0.05, 0) is 41.5 Å². The van der Waals surface area contributed by atoms with Gasteiger partial charge >= 0.3 is 0 Å². The molecule has 1 atom stereocenters. The van der Waals surface area contributed by atoms with Crippen LogP contribution < -0.4 is 9.47 Å². The van der Waals surface area contributed by atoms with Crippen molar-refractivity contribution < 1.29 is 19.1 Å². The Hall–Kier alpha value is -3.85. The van der Waals surface area contributed by atoms with Gasteiger partial charge in [-0.25, -0.2) is 0 Å². The Balaban J connectivity index is 1.81. The van der Waals surface area contributed by atoms with Gasteiger partial charge in [-0.1, -0.05) is 36.4 Å². The van der Waals surface area contributed by atoms with E-state index in [2.05, 4.69) is 6.07 Å². The van der Waals surface area contributed by atoms with Crippen molar-refractivity contribution in [2.45, 2.75) is 19.4 Å². The summed E-state index contributed by atoms with van der Waals surface area (Å²) in [6, 6.07) is 17.6. The third-order valence-electron chi connectivity index (χ3n) is 5.28. The summed E-state index contributed by atoms with van der Waals surface area (Å²) in [6.45, 7) is 2.29. The number of nitrogens with zero attached hydrogens (tertiary/aromatic N) is 2. The van der Waals surface area contributed by atoms with Crippen LogP contribution >= 0.6 is 0 Å². The highest BCUT2D eigenvalue weighted by Crippen LogP contribution is 2.39. The highest BCUT2D eigenvalue weighted by atomic mass is 16.5. The first-order valence-corrected chi connectivity index (χ1v) is 9.68. The van der Waals surface area contributed by atoms with Crippen LogP contribution in [0.5, 0.6) is 11.5 Å². The van der Waals surface area contributed by atoms with Crippen LogP contribution in [-0.4, -0.2) is 30.4 Å². The minimum Gasteiger partial charge on any atom is -0.493 e. The number of imide groups is 1. The highest BCUT2D eigenvalue weighted by molar-refractivity contribution is 6.26. The zero-order valence-corrected chi connectivity index (χ0v) is 16.7. The number of amides is 2. The van der Waals surface area contributed by atoms with Gasteiger partial charge in [0.1, 0.15) is 0 Å². The number of ether oxygens (including phenoxy) is 2.